The summed E-state index contributed by atoms with van der Waals surface area (Å²) in [6.07, 6.45) is -6.23. The maximum absolute atomic E-state index is 16.4. The van der Waals surface area contributed by atoms with Gasteiger partial charge in [-0.15, -0.1) is 0 Å². The Hall–Kier alpha value is -17.1. The molecule has 9 rings (SSSR count). The highest BCUT2D eigenvalue weighted by atomic mass is 16.4. The number of carbonyl (C=O) groups excluding carboxylic acids is 10. The van der Waals surface area contributed by atoms with Gasteiger partial charge in [-0.05, 0) is 50.1 Å². The molecule has 0 heterocycles. The number of amides is 10. The molecule has 0 aliphatic rings. The van der Waals surface area contributed by atoms with Crippen molar-refractivity contribution in [1.29, 1.82) is 0 Å². The first-order chi connectivity index (χ1) is 66.4. The van der Waals surface area contributed by atoms with Gasteiger partial charge in [0.25, 0.3) is 0 Å². The standard InChI is InChI=1S/C101H104N10O28/c1-65(112)103(75(93(122)123)47-66-29-11-2-12-30-66)57-85(114)105(77(95(126)127)49-68-33-15-4-16-34-68)59-87(116)107(79(97(130)131)51-70-37-19-6-20-38-70)61-89(118)109(81(99(134)135)53-72-41-23-8-24-42-72)63-91(120)111(83(101(138)139)55-74-45-27-10-28-46-74)64-92(121)110(82(100(136)137)54-73-43-25-9-26-44-73)62-90(119)108(80(98(132)133)52-71-39-21-7-22-40-71)60-88(117)106(78(96(128)129)50-69-35-17-5-18-36-69)58-86(115)104(56-84(102)113)76(94(124)125)48-67-31-13-3-14-32-67/h2-46,75-83H,47-64H2,1H3,(H2,102,113)(H,122,123)(H,124,125)(H,126,127)(H,128,129)(H,130,131)(H,132,133)(H,134,135)(H,136,137)(H,138,139)/t75-,76-,77-,78-,79-,80-,81-,82-,83-/m0/s1. The van der Waals surface area contributed by atoms with Crippen LogP contribution in [0.5, 0.6) is 0 Å². The number of hydrogen-bond donors (Lipinski definition) is 10. The summed E-state index contributed by atoms with van der Waals surface area (Å²) < 4.78 is 0. The van der Waals surface area contributed by atoms with E-state index in [1.165, 1.54) is 237 Å². The summed E-state index contributed by atoms with van der Waals surface area (Å²) in [5, 5.41) is 102. The van der Waals surface area contributed by atoms with Crippen LogP contribution >= 0.6 is 0 Å². The fourth-order valence-corrected chi connectivity index (χ4v) is 16.0. The summed E-state index contributed by atoms with van der Waals surface area (Å²) in [6.45, 7) is -13.0. The highest BCUT2D eigenvalue weighted by Gasteiger charge is 2.47. The van der Waals surface area contributed by atoms with Gasteiger partial charge in [-0.25, -0.2) is 43.2 Å². The van der Waals surface area contributed by atoms with Gasteiger partial charge in [0.2, 0.25) is 59.1 Å². The largest absolute Gasteiger partial charge is 0.480 e. The summed E-state index contributed by atoms with van der Waals surface area (Å²) in [7, 11) is 0. The van der Waals surface area contributed by atoms with Crippen LogP contribution in [0.3, 0.4) is 0 Å². The predicted octanol–water partition coefficient (Wildman–Crippen LogP) is 4.21. The van der Waals surface area contributed by atoms with Crippen LogP contribution in [0.2, 0.25) is 0 Å². The fourth-order valence-electron chi connectivity index (χ4n) is 16.0. The number of aliphatic carboxylic acids is 9. The van der Waals surface area contributed by atoms with Crippen molar-refractivity contribution in [1.82, 2.24) is 44.1 Å². The van der Waals surface area contributed by atoms with E-state index in [4.69, 9.17) is 5.73 Å². The molecule has 0 fully saturated rings. The van der Waals surface area contributed by atoms with Gasteiger partial charge in [0.15, 0.2) is 0 Å². The molecule has 9 aromatic carbocycles. The first-order valence-corrected chi connectivity index (χ1v) is 43.7. The molecule has 0 saturated heterocycles. The smallest absolute Gasteiger partial charge is 0.326 e. The Balaban J connectivity index is 1.20. The molecule has 11 N–H and O–H groups in total. The highest BCUT2D eigenvalue weighted by Crippen LogP contribution is 2.26. The van der Waals surface area contributed by atoms with Crippen molar-refractivity contribution < 1.29 is 137 Å². The van der Waals surface area contributed by atoms with Crippen LogP contribution in [0.4, 0.5) is 0 Å². The van der Waals surface area contributed by atoms with Gasteiger partial charge in [-0.3, -0.25) is 47.9 Å². The van der Waals surface area contributed by atoms with E-state index in [1.807, 2.05) is 0 Å². The van der Waals surface area contributed by atoms with Crippen molar-refractivity contribution in [3.05, 3.63) is 323 Å². The molecule has 0 aliphatic heterocycles. The maximum Gasteiger partial charge on any atom is 0.326 e. The minimum absolute atomic E-state index is 0.0780. The van der Waals surface area contributed by atoms with Gasteiger partial charge in [0.1, 0.15) is 113 Å². The molecule has 10 amide bonds. The van der Waals surface area contributed by atoms with Gasteiger partial charge in [0, 0.05) is 64.7 Å². The average Bonchev–Trinajstić information content (AvgIpc) is 0.773. The lowest BCUT2D eigenvalue weighted by molar-refractivity contribution is -0.163. The second-order valence-corrected chi connectivity index (χ2v) is 32.7. The first kappa shape index (κ1) is 106. The predicted molar refractivity (Wildman–Crippen MR) is 494 cm³/mol. The van der Waals surface area contributed by atoms with Crippen LogP contribution < -0.4 is 5.73 Å². The maximum atomic E-state index is 16.4. The minimum atomic E-state index is -2.42. The van der Waals surface area contributed by atoms with Crippen molar-refractivity contribution in [2.45, 2.75) is 119 Å². The van der Waals surface area contributed by atoms with E-state index in [-0.39, 0.29) is 53.6 Å². The molecule has 38 heteroatoms. The molecule has 0 unspecified atom stereocenters. The van der Waals surface area contributed by atoms with E-state index >= 15 is 38.4 Å². The lowest BCUT2D eigenvalue weighted by Gasteiger charge is -2.38. The molecule has 0 aliphatic carbocycles. The molecule has 139 heavy (non-hydrogen) atoms. The third kappa shape index (κ3) is 31.0. The van der Waals surface area contributed by atoms with Crippen LogP contribution in [0.15, 0.2) is 273 Å². The molecule has 0 bridgehead atoms. The van der Waals surface area contributed by atoms with Crippen LogP contribution in [0.25, 0.3) is 0 Å². The Bertz CT molecular complexity index is 5750. The number of carboxylic acids is 9. The van der Waals surface area contributed by atoms with Crippen LogP contribution in [-0.2, 0) is 149 Å². The number of nitrogens with two attached hydrogens (primary N) is 1. The number of primary amides is 1. The Morgan fingerprint density at radius 3 is 0.381 bits per heavy atom. The summed E-state index contributed by atoms with van der Waals surface area (Å²) in [5.74, 6) is -32.0. The van der Waals surface area contributed by atoms with E-state index in [2.05, 4.69) is 0 Å². The Labute approximate surface area is 796 Å². The molecule has 38 nitrogen and oxygen atoms in total. The van der Waals surface area contributed by atoms with Crippen molar-refractivity contribution in [3.8, 4) is 0 Å². The van der Waals surface area contributed by atoms with E-state index < -0.39 is 284 Å². The second kappa shape index (κ2) is 51.4. The summed E-state index contributed by atoms with van der Waals surface area (Å²) >= 11 is 0. The first-order valence-electron chi connectivity index (χ1n) is 43.7. The minimum Gasteiger partial charge on any atom is -0.480 e. The molecule has 726 valence electrons. The lowest BCUT2D eigenvalue weighted by Crippen LogP contribution is -2.61. The van der Waals surface area contributed by atoms with Crippen molar-refractivity contribution >= 4 is 113 Å². The Morgan fingerprint density at radius 1 is 0.180 bits per heavy atom. The summed E-state index contributed by atoms with van der Waals surface area (Å²) in [4.78, 5) is 283. The van der Waals surface area contributed by atoms with E-state index in [0.29, 0.717) is 40.5 Å². The van der Waals surface area contributed by atoms with Gasteiger partial charge in [-0.2, -0.15) is 0 Å². The van der Waals surface area contributed by atoms with Crippen LogP contribution in [-0.4, -0.2) is 316 Å². The number of hydrogen-bond acceptors (Lipinski definition) is 19. The zero-order chi connectivity index (χ0) is 101. The number of benzene rings is 9. The highest BCUT2D eigenvalue weighted by molar-refractivity contribution is 6.01. The van der Waals surface area contributed by atoms with Gasteiger partial charge < -0.3 is 95.8 Å². The van der Waals surface area contributed by atoms with Crippen molar-refractivity contribution in [2.75, 3.05) is 58.9 Å². The lowest BCUT2D eigenvalue weighted by atomic mass is 10.0. The summed E-state index contributed by atoms with van der Waals surface area (Å²) in [5.41, 5.74) is 7.19. The van der Waals surface area contributed by atoms with Gasteiger partial charge in [-0.1, -0.05) is 273 Å². The summed E-state index contributed by atoms with van der Waals surface area (Å²) in [6, 6.07) is 46.0. The zero-order valence-electron chi connectivity index (χ0n) is 75.3. The SMILES string of the molecule is CC(=O)N(CC(=O)N(CC(=O)N(CC(=O)N(CC(=O)N(CC(=O)N(CC(=O)N(CC(=O)N(CC(=O)N(CC(N)=O)[C@@H](Cc1ccccc1)C(=O)O)[C@@H](Cc1ccccc1)C(=O)O)[C@@H](Cc1ccccc1)C(=O)O)[C@@H](Cc1ccccc1)C(=O)O)[C@@H](Cc1ccccc1)C(=O)O)[C@@H](Cc1ccccc1)C(=O)O)[C@@H](Cc1ccccc1)C(=O)O)[C@@H](Cc1ccccc1)C(=O)O)[C@@H](Cc1ccccc1)C(=O)O. The average molecular weight is 1910 g/mol. The second-order valence-electron chi connectivity index (χ2n) is 32.7. The number of carbonyl (C=O) groups is 19. The van der Waals surface area contributed by atoms with Crippen molar-refractivity contribution in [3.63, 3.8) is 0 Å². The molecule has 0 aromatic heterocycles. The third-order valence-electron chi connectivity index (χ3n) is 23.1. The zero-order valence-corrected chi connectivity index (χ0v) is 75.3. The Kier molecular flexibility index (Phi) is 39.1. The molecule has 0 saturated carbocycles. The van der Waals surface area contributed by atoms with Gasteiger partial charge >= 0.3 is 53.7 Å². The molecule has 0 radical (unpaired) electrons. The van der Waals surface area contributed by atoms with Crippen LogP contribution in [0, 0.1) is 0 Å². The van der Waals surface area contributed by atoms with Crippen molar-refractivity contribution in [2.24, 2.45) is 5.73 Å². The van der Waals surface area contributed by atoms with E-state index in [0.717, 1.165) is 6.92 Å². The number of nitrogens with zero attached hydrogens (tertiary/aromatic N) is 9. The molecule has 9 atom stereocenters. The third-order valence-corrected chi connectivity index (χ3v) is 23.1. The fraction of sp³-hybridized carbons (Fsp3) is 0.277. The monoisotopic (exact) mass is 1900 g/mol. The Morgan fingerprint density at radius 2 is 0.281 bits per heavy atom. The van der Waals surface area contributed by atoms with Gasteiger partial charge in [0.05, 0.1) is 0 Å². The molecule has 0 spiro atoms. The molecular weight excluding hydrogens is 1800 g/mol. The topological polar surface area (TPSA) is 562 Å². The van der Waals surface area contributed by atoms with Crippen LogP contribution in [0.1, 0.15) is 57.0 Å². The molecule has 9 aromatic rings. The quantitative estimate of drug-likeness (QED) is 0.0255. The number of rotatable bonds is 54. The number of carboxylic acid groups (broad SMARTS) is 9. The van der Waals surface area contributed by atoms with E-state index in [1.54, 1.807) is 36.4 Å². The normalized spacial score (nSPS) is 12.9. The van der Waals surface area contributed by atoms with E-state index in [9.17, 15) is 98.7 Å². The molecular formula is C101H104N10O28.